The number of hydrogen-bond acceptors (Lipinski definition) is 4. The van der Waals surface area contributed by atoms with Gasteiger partial charge in [0.15, 0.2) is 0 Å². The molecule has 0 fully saturated rings. The Labute approximate surface area is 264 Å². The molecule has 0 radical (unpaired) electrons. The summed E-state index contributed by atoms with van der Waals surface area (Å²) < 4.78 is 5.91. The zero-order valence-electron chi connectivity index (χ0n) is 26.8. The first kappa shape index (κ1) is 34.7. The third-order valence-electron chi connectivity index (χ3n) is 8.35. The number of amides is 1. The van der Waals surface area contributed by atoms with Crippen LogP contribution in [0.3, 0.4) is 0 Å². The van der Waals surface area contributed by atoms with Crippen LogP contribution < -0.4 is 5.32 Å². The minimum Gasteiger partial charge on any atom is -0.481 e. The van der Waals surface area contributed by atoms with Gasteiger partial charge in [-0.25, -0.2) is 0 Å². The van der Waals surface area contributed by atoms with Gasteiger partial charge in [-0.05, 0) is 92.0 Å². The zero-order valence-corrected chi connectivity index (χ0v) is 26.8. The van der Waals surface area contributed by atoms with Gasteiger partial charge >= 0.3 is 5.97 Å². The van der Waals surface area contributed by atoms with Crippen molar-refractivity contribution in [3.8, 4) is 0 Å². The van der Waals surface area contributed by atoms with Crippen LogP contribution in [-0.4, -0.2) is 28.6 Å². The van der Waals surface area contributed by atoms with Gasteiger partial charge in [-0.1, -0.05) is 88.6 Å². The summed E-state index contributed by atoms with van der Waals surface area (Å²) >= 11 is 0. The highest BCUT2D eigenvalue weighted by Crippen LogP contribution is 2.31. The van der Waals surface area contributed by atoms with Crippen molar-refractivity contribution in [2.75, 3.05) is 11.9 Å². The van der Waals surface area contributed by atoms with Crippen LogP contribution >= 0.6 is 0 Å². The molecule has 0 aliphatic rings. The van der Waals surface area contributed by atoms with Gasteiger partial charge in [0, 0.05) is 18.7 Å². The molecule has 0 spiro atoms. The topological polar surface area (TPSA) is 88.5 Å². The number of carbonyl (C=O) groups is 2. The van der Waals surface area contributed by atoms with Crippen LogP contribution in [0, 0.1) is 5.41 Å². The fourth-order valence-corrected chi connectivity index (χ4v) is 5.30. The van der Waals surface area contributed by atoms with Crippen molar-refractivity contribution in [1.29, 1.82) is 0 Å². The maximum atomic E-state index is 12.6. The fourth-order valence-electron chi connectivity index (χ4n) is 5.30. The lowest BCUT2D eigenvalue weighted by atomic mass is 9.79. The zero-order chi connectivity index (χ0) is 31.6. The number of aliphatic carboxylic acids is 1. The van der Waals surface area contributed by atoms with E-state index in [9.17, 15) is 14.7 Å². The molecule has 1 heterocycles. The van der Waals surface area contributed by atoms with E-state index in [1.54, 1.807) is 6.07 Å². The van der Waals surface area contributed by atoms with Crippen molar-refractivity contribution in [3.05, 3.63) is 94.8 Å². The SMILES string of the molecule is CCCCCCc1ccc(CCCCOCc2cccc(/C=C\c3cccc(NC(=O)CC(CC)(CC)C(=O)O)c3)n2)cc1. The van der Waals surface area contributed by atoms with Crippen molar-refractivity contribution in [1.82, 2.24) is 4.98 Å². The number of rotatable bonds is 20. The Hall–Kier alpha value is -3.77. The Morgan fingerprint density at radius 1 is 0.841 bits per heavy atom. The van der Waals surface area contributed by atoms with E-state index in [1.807, 2.05) is 62.4 Å². The van der Waals surface area contributed by atoms with Crippen molar-refractivity contribution < 1.29 is 19.4 Å². The molecule has 3 aromatic rings. The maximum absolute atomic E-state index is 12.6. The average Bonchev–Trinajstić information content (AvgIpc) is 3.03. The maximum Gasteiger partial charge on any atom is 0.310 e. The summed E-state index contributed by atoms with van der Waals surface area (Å²) in [5.74, 6) is -1.23. The van der Waals surface area contributed by atoms with Crippen LogP contribution in [0.15, 0.2) is 66.7 Å². The second-order valence-corrected chi connectivity index (χ2v) is 11.7. The van der Waals surface area contributed by atoms with Crippen molar-refractivity contribution in [2.24, 2.45) is 5.41 Å². The highest BCUT2D eigenvalue weighted by Gasteiger charge is 2.37. The van der Waals surface area contributed by atoms with Crippen molar-refractivity contribution in [3.63, 3.8) is 0 Å². The lowest BCUT2D eigenvalue weighted by Crippen LogP contribution is -2.34. The summed E-state index contributed by atoms with van der Waals surface area (Å²) in [5, 5.41) is 12.5. The van der Waals surface area contributed by atoms with Gasteiger partial charge in [0.25, 0.3) is 0 Å². The number of carboxylic acid groups (broad SMARTS) is 1. The van der Waals surface area contributed by atoms with Crippen LogP contribution in [0.2, 0.25) is 0 Å². The third kappa shape index (κ3) is 11.7. The highest BCUT2D eigenvalue weighted by atomic mass is 16.5. The molecular weight excluding hydrogens is 548 g/mol. The molecule has 2 aromatic carbocycles. The molecule has 3 rings (SSSR count). The van der Waals surface area contributed by atoms with E-state index in [0.29, 0.717) is 31.7 Å². The highest BCUT2D eigenvalue weighted by molar-refractivity contribution is 5.94. The van der Waals surface area contributed by atoms with E-state index < -0.39 is 11.4 Å². The number of nitrogens with one attached hydrogen (secondary N) is 1. The number of unbranched alkanes of at least 4 members (excludes halogenated alkanes) is 4. The van der Waals surface area contributed by atoms with Crippen molar-refractivity contribution in [2.45, 2.75) is 98.0 Å². The Bertz CT molecular complexity index is 1330. The molecule has 0 atom stereocenters. The molecule has 0 aliphatic carbocycles. The number of carboxylic acids is 1. The quantitative estimate of drug-likeness (QED) is 0.127. The Balaban J connectivity index is 1.41. The lowest BCUT2D eigenvalue weighted by molar-refractivity contribution is -0.151. The number of pyridine rings is 1. The minimum atomic E-state index is -1.04. The monoisotopic (exact) mass is 598 g/mol. The average molecular weight is 599 g/mol. The predicted octanol–water partition coefficient (Wildman–Crippen LogP) is 9.13. The molecule has 0 unspecified atom stereocenters. The first-order valence-electron chi connectivity index (χ1n) is 16.3. The normalized spacial score (nSPS) is 11.6. The van der Waals surface area contributed by atoms with E-state index in [1.165, 1.54) is 43.2 Å². The van der Waals surface area contributed by atoms with Crippen molar-refractivity contribution >= 4 is 29.7 Å². The molecule has 6 nitrogen and oxygen atoms in total. The van der Waals surface area contributed by atoms with Crippen LogP contribution in [0.4, 0.5) is 5.69 Å². The van der Waals surface area contributed by atoms with Gasteiger partial charge in [0.2, 0.25) is 5.91 Å². The third-order valence-corrected chi connectivity index (χ3v) is 8.35. The number of anilines is 1. The second kappa shape index (κ2) is 18.8. The predicted molar refractivity (Wildman–Crippen MR) is 180 cm³/mol. The van der Waals surface area contributed by atoms with E-state index in [2.05, 4.69) is 36.5 Å². The number of aryl methyl sites for hydroxylation is 2. The second-order valence-electron chi connectivity index (χ2n) is 11.7. The number of nitrogens with zero attached hydrogens (tertiary/aromatic N) is 1. The number of aromatic nitrogens is 1. The van der Waals surface area contributed by atoms with Crippen LogP contribution in [-0.2, 0) is 33.8 Å². The molecule has 0 saturated carbocycles. The molecule has 1 amide bonds. The Morgan fingerprint density at radius 2 is 1.52 bits per heavy atom. The molecule has 0 bridgehead atoms. The van der Waals surface area contributed by atoms with Gasteiger partial charge in [0.1, 0.15) is 0 Å². The summed E-state index contributed by atoms with van der Waals surface area (Å²) in [5.41, 5.74) is 5.05. The fraction of sp³-hybridized carbons (Fsp3) is 0.447. The first-order valence-corrected chi connectivity index (χ1v) is 16.3. The Kier molecular flexibility index (Phi) is 14.8. The molecule has 0 aliphatic heterocycles. The van der Waals surface area contributed by atoms with Gasteiger partial charge in [-0.2, -0.15) is 0 Å². The molecule has 236 valence electrons. The van der Waals surface area contributed by atoms with E-state index in [0.717, 1.165) is 36.2 Å². The molecule has 2 N–H and O–H groups in total. The van der Waals surface area contributed by atoms with Gasteiger partial charge in [-0.3, -0.25) is 14.6 Å². The van der Waals surface area contributed by atoms with E-state index in [4.69, 9.17) is 9.72 Å². The Morgan fingerprint density at radius 3 is 2.18 bits per heavy atom. The summed E-state index contributed by atoms with van der Waals surface area (Å²) in [6.07, 6.45) is 14.2. The lowest BCUT2D eigenvalue weighted by Gasteiger charge is -2.25. The van der Waals surface area contributed by atoms with Gasteiger partial charge in [-0.15, -0.1) is 0 Å². The summed E-state index contributed by atoms with van der Waals surface area (Å²) in [6, 6.07) is 22.5. The molecule has 1 aromatic heterocycles. The number of carbonyl (C=O) groups excluding carboxylic acids is 1. The summed E-state index contributed by atoms with van der Waals surface area (Å²) in [6.45, 7) is 7.05. The summed E-state index contributed by atoms with van der Waals surface area (Å²) in [4.78, 5) is 29.1. The van der Waals surface area contributed by atoms with Gasteiger partial charge < -0.3 is 15.2 Å². The largest absolute Gasteiger partial charge is 0.481 e. The standard InChI is InChI=1S/C38H50N2O4/c1-4-7-8-9-14-30-20-22-31(23-21-30)15-10-11-26-44-29-35-19-13-17-33(39-35)25-24-32-16-12-18-34(27-32)40-36(41)28-38(5-2,6-3)37(42)43/h12-13,16-25,27H,4-11,14-15,26,28-29H2,1-3H3,(H,40,41)(H,42,43)/b25-24-. The molecule has 6 heteroatoms. The number of hydrogen-bond donors (Lipinski definition) is 2. The van der Waals surface area contributed by atoms with Gasteiger partial charge in [0.05, 0.1) is 23.4 Å². The smallest absolute Gasteiger partial charge is 0.310 e. The van der Waals surface area contributed by atoms with Crippen LogP contribution in [0.25, 0.3) is 12.2 Å². The molecule has 0 saturated heterocycles. The molecule has 44 heavy (non-hydrogen) atoms. The minimum absolute atomic E-state index is 0.0543. The summed E-state index contributed by atoms with van der Waals surface area (Å²) in [7, 11) is 0. The van der Waals surface area contributed by atoms with E-state index >= 15 is 0 Å². The van der Waals surface area contributed by atoms with Crippen LogP contribution in [0.1, 0.15) is 107 Å². The van der Waals surface area contributed by atoms with E-state index in [-0.39, 0.29) is 12.3 Å². The molecular formula is C38H50N2O4. The number of benzene rings is 2. The number of ether oxygens (including phenoxy) is 1. The first-order chi connectivity index (χ1) is 21.4. The van der Waals surface area contributed by atoms with Crippen LogP contribution in [0.5, 0.6) is 0 Å².